The van der Waals surface area contributed by atoms with Gasteiger partial charge in [-0.05, 0) is 66.2 Å². The molecule has 0 aliphatic heterocycles. The van der Waals surface area contributed by atoms with Crippen molar-refractivity contribution in [2.24, 2.45) is 0 Å². The van der Waals surface area contributed by atoms with E-state index >= 15 is 0 Å². The van der Waals surface area contributed by atoms with E-state index in [0.717, 1.165) is 22.3 Å². The van der Waals surface area contributed by atoms with Gasteiger partial charge in [-0.2, -0.15) is 0 Å². The fourth-order valence-electron chi connectivity index (χ4n) is 3.90. The van der Waals surface area contributed by atoms with E-state index in [2.05, 4.69) is 20.6 Å². The summed E-state index contributed by atoms with van der Waals surface area (Å²) in [4.78, 5) is 37.2. The summed E-state index contributed by atoms with van der Waals surface area (Å²) in [6, 6.07) is 22.0. The first-order valence-corrected chi connectivity index (χ1v) is 11.3. The molecular weight excluding hydrogens is 454 g/mol. The molecule has 0 saturated carbocycles. The lowest BCUT2D eigenvalue weighted by Crippen LogP contribution is -2.22. The van der Waals surface area contributed by atoms with Crippen LogP contribution in [0.5, 0.6) is 0 Å². The summed E-state index contributed by atoms with van der Waals surface area (Å²) >= 11 is 0. The number of benzene rings is 2. The highest BCUT2D eigenvalue weighted by Crippen LogP contribution is 2.30. The summed E-state index contributed by atoms with van der Waals surface area (Å²) in [7, 11) is 0. The Balaban J connectivity index is 1.36. The van der Waals surface area contributed by atoms with Crippen LogP contribution in [-0.2, 0) is 11.3 Å². The molecule has 5 rings (SSSR count). The Hall–Kier alpha value is -5.05. The third kappa shape index (κ3) is 4.62. The minimum absolute atomic E-state index is 0.161. The highest BCUT2D eigenvalue weighted by molar-refractivity contribution is 5.95. The zero-order valence-corrected chi connectivity index (χ0v) is 19.5. The number of anilines is 2. The van der Waals surface area contributed by atoms with Crippen molar-refractivity contribution in [3.63, 3.8) is 0 Å². The Bertz CT molecular complexity index is 1560. The number of nitrogen functional groups attached to an aromatic ring is 1. The van der Waals surface area contributed by atoms with Crippen molar-refractivity contribution in [3.05, 3.63) is 96.3 Å². The number of hydrogen-bond donors (Lipinski definition) is 3. The Morgan fingerprint density at radius 3 is 2.36 bits per heavy atom. The van der Waals surface area contributed by atoms with Gasteiger partial charge in [-0.3, -0.25) is 14.2 Å². The van der Waals surface area contributed by atoms with Crippen LogP contribution in [0.4, 0.5) is 11.5 Å². The van der Waals surface area contributed by atoms with Gasteiger partial charge in [0.15, 0.2) is 11.5 Å². The molecule has 0 aliphatic rings. The van der Waals surface area contributed by atoms with Crippen LogP contribution in [0.15, 0.2) is 85.2 Å². The number of nitrogens with zero attached hydrogens (tertiary/aromatic N) is 4. The van der Waals surface area contributed by atoms with Gasteiger partial charge in [0.05, 0.1) is 5.56 Å². The minimum Gasteiger partial charge on any atom is -0.383 e. The molecule has 0 aliphatic carbocycles. The number of rotatable bonds is 6. The number of hydrogen-bond acceptors (Lipinski definition) is 6. The van der Waals surface area contributed by atoms with E-state index in [4.69, 9.17) is 10.7 Å². The van der Waals surface area contributed by atoms with Crippen LogP contribution >= 0.6 is 0 Å². The second kappa shape index (κ2) is 9.67. The average Bonchev–Trinajstić information content (AvgIpc) is 3.27. The molecule has 2 amide bonds. The van der Waals surface area contributed by atoms with E-state index in [0.29, 0.717) is 35.1 Å². The van der Waals surface area contributed by atoms with Gasteiger partial charge in [0, 0.05) is 42.8 Å². The maximum atomic E-state index is 12.5. The summed E-state index contributed by atoms with van der Waals surface area (Å²) in [6.07, 6.45) is 3.37. The molecule has 36 heavy (non-hydrogen) atoms. The molecule has 0 spiro atoms. The molecule has 4 N–H and O–H groups in total. The number of aromatic nitrogens is 4. The molecule has 0 fully saturated rings. The Labute approximate surface area is 207 Å². The van der Waals surface area contributed by atoms with Crippen molar-refractivity contribution in [2.75, 3.05) is 11.1 Å². The van der Waals surface area contributed by atoms with Crippen LogP contribution in [-0.4, -0.2) is 31.3 Å². The quantitative estimate of drug-likeness (QED) is 0.340. The monoisotopic (exact) mass is 477 g/mol. The second-order valence-corrected chi connectivity index (χ2v) is 8.16. The van der Waals surface area contributed by atoms with Crippen molar-refractivity contribution in [2.45, 2.75) is 13.5 Å². The van der Waals surface area contributed by atoms with E-state index in [1.165, 1.54) is 6.92 Å². The SMILES string of the molecule is CC(=O)Nc1ccc(C(=O)NCc2ccc(-n3c(-c4cccnc4N)nc4cccnc43)cc2)cc1. The number of fused-ring (bicyclic) bond motifs is 1. The maximum absolute atomic E-state index is 12.5. The second-order valence-electron chi connectivity index (χ2n) is 8.16. The first kappa shape index (κ1) is 22.7. The van der Waals surface area contributed by atoms with E-state index in [-0.39, 0.29) is 11.8 Å². The molecule has 3 heterocycles. The largest absolute Gasteiger partial charge is 0.383 e. The molecule has 0 atom stereocenters. The van der Waals surface area contributed by atoms with Crippen LogP contribution in [0, 0.1) is 0 Å². The highest BCUT2D eigenvalue weighted by atomic mass is 16.2. The Morgan fingerprint density at radius 2 is 1.64 bits per heavy atom. The highest BCUT2D eigenvalue weighted by Gasteiger charge is 2.17. The first-order chi connectivity index (χ1) is 17.5. The minimum atomic E-state index is -0.201. The number of carbonyl (C=O) groups is 2. The first-order valence-electron chi connectivity index (χ1n) is 11.3. The molecule has 0 unspecified atom stereocenters. The Morgan fingerprint density at radius 1 is 0.917 bits per heavy atom. The zero-order valence-electron chi connectivity index (χ0n) is 19.5. The van der Waals surface area contributed by atoms with Crippen LogP contribution in [0.3, 0.4) is 0 Å². The molecule has 9 heteroatoms. The van der Waals surface area contributed by atoms with Crippen molar-refractivity contribution in [1.29, 1.82) is 0 Å². The average molecular weight is 478 g/mol. The summed E-state index contributed by atoms with van der Waals surface area (Å²) in [5, 5.41) is 5.60. The molecule has 9 nitrogen and oxygen atoms in total. The lowest BCUT2D eigenvalue weighted by molar-refractivity contribution is -0.114. The van der Waals surface area contributed by atoms with E-state index < -0.39 is 0 Å². The molecule has 2 aromatic carbocycles. The van der Waals surface area contributed by atoms with E-state index in [9.17, 15) is 9.59 Å². The van der Waals surface area contributed by atoms with Gasteiger partial charge in [0.1, 0.15) is 11.3 Å². The van der Waals surface area contributed by atoms with Gasteiger partial charge in [-0.25, -0.2) is 15.0 Å². The summed E-state index contributed by atoms with van der Waals surface area (Å²) in [5.41, 5.74) is 11.3. The number of pyridine rings is 2. The van der Waals surface area contributed by atoms with E-state index in [1.54, 1.807) is 36.7 Å². The fraction of sp³-hybridized carbons (Fsp3) is 0.0741. The van der Waals surface area contributed by atoms with Gasteiger partial charge in [-0.1, -0.05) is 12.1 Å². The third-order valence-electron chi connectivity index (χ3n) is 5.61. The predicted molar refractivity (Wildman–Crippen MR) is 138 cm³/mol. The van der Waals surface area contributed by atoms with Crippen molar-refractivity contribution in [1.82, 2.24) is 24.8 Å². The standard InChI is InChI=1S/C27H23N7O2/c1-17(35)32-20-10-8-19(9-11-20)27(36)31-16-18-6-12-21(13-7-18)34-25(22-4-2-14-29-24(22)28)33-23-5-3-15-30-26(23)34/h2-15H,16H2,1H3,(H2,28,29)(H,31,36)(H,32,35). The molecule has 5 aromatic rings. The number of carbonyl (C=O) groups excluding carboxylic acids is 2. The summed E-state index contributed by atoms with van der Waals surface area (Å²) in [5.74, 6) is 0.676. The molecule has 0 saturated heterocycles. The van der Waals surface area contributed by atoms with Crippen LogP contribution in [0.1, 0.15) is 22.8 Å². The summed E-state index contributed by atoms with van der Waals surface area (Å²) in [6.45, 7) is 1.80. The maximum Gasteiger partial charge on any atom is 0.251 e. The van der Waals surface area contributed by atoms with Gasteiger partial charge in [-0.15, -0.1) is 0 Å². The molecule has 0 radical (unpaired) electrons. The third-order valence-corrected chi connectivity index (χ3v) is 5.61. The molecule has 3 aromatic heterocycles. The topological polar surface area (TPSA) is 128 Å². The Kier molecular flexibility index (Phi) is 6.10. The smallest absolute Gasteiger partial charge is 0.251 e. The predicted octanol–water partition coefficient (Wildman–Crippen LogP) is 3.95. The fourth-order valence-corrected chi connectivity index (χ4v) is 3.90. The number of amides is 2. The zero-order chi connectivity index (χ0) is 25.1. The summed E-state index contributed by atoms with van der Waals surface area (Å²) < 4.78 is 1.95. The molecule has 0 bridgehead atoms. The van der Waals surface area contributed by atoms with Gasteiger partial charge in [0.25, 0.3) is 5.91 Å². The number of imidazole rings is 1. The van der Waals surface area contributed by atoms with Crippen LogP contribution < -0.4 is 16.4 Å². The number of nitrogens with one attached hydrogen (secondary N) is 2. The molecular formula is C27H23N7O2. The van der Waals surface area contributed by atoms with Gasteiger partial charge in [0.2, 0.25) is 5.91 Å². The van der Waals surface area contributed by atoms with Crippen LogP contribution in [0.25, 0.3) is 28.2 Å². The van der Waals surface area contributed by atoms with E-state index in [1.807, 2.05) is 53.1 Å². The van der Waals surface area contributed by atoms with Gasteiger partial charge < -0.3 is 16.4 Å². The van der Waals surface area contributed by atoms with Crippen molar-refractivity contribution in [3.8, 4) is 17.1 Å². The lowest BCUT2D eigenvalue weighted by Gasteiger charge is -2.11. The van der Waals surface area contributed by atoms with Gasteiger partial charge >= 0.3 is 0 Å². The van der Waals surface area contributed by atoms with Crippen molar-refractivity contribution >= 4 is 34.5 Å². The normalized spacial score (nSPS) is 10.8. The number of nitrogens with two attached hydrogens (primary N) is 1. The lowest BCUT2D eigenvalue weighted by atomic mass is 10.1. The molecule has 178 valence electrons. The van der Waals surface area contributed by atoms with Crippen LogP contribution in [0.2, 0.25) is 0 Å². The van der Waals surface area contributed by atoms with Crippen molar-refractivity contribution < 1.29 is 9.59 Å².